The molecule has 0 spiro atoms. The van der Waals surface area contributed by atoms with Gasteiger partial charge in [0.1, 0.15) is 22.8 Å². The SMILES string of the molecule is Cc1onc(-c2cccc(F)c2)c1C(=O)Nc1ccc2c(c1)OCO2. The van der Waals surface area contributed by atoms with E-state index in [1.54, 1.807) is 37.3 Å². The summed E-state index contributed by atoms with van der Waals surface area (Å²) in [6, 6.07) is 10.9. The quantitative estimate of drug-likeness (QED) is 0.786. The second kappa shape index (κ2) is 5.94. The van der Waals surface area contributed by atoms with Crippen LogP contribution in [-0.2, 0) is 0 Å². The number of carbonyl (C=O) groups is 1. The highest BCUT2D eigenvalue weighted by Gasteiger charge is 2.23. The molecule has 1 amide bonds. The van der Waals surface area contributed by atoms with Gasteiger partial charge < -0.3 is 19.3 Å². The van der Waals surface area contributed by atoms with Crippen molar-refractivity contribution in [2.24, 2.45) is 0 Å². The zero-order valence-electron chi connectivity index (χ0n) is 13.2. The Bertz CT molecular complexity index is 967. The Morgan fingerprint density at radius 2 is 2.00 bits per heavy atom. The highest BCUT2D eigenvalue weighted by atomic mass is 19.1. The van der Waals surface area contributed by atoms with Crippen molar-refractivity contribution >= 4 is 11.6 Å². The number of nitrogens with one attached hydrogen (secondary N) is 1. The van der Waals surface area contributed by atoms with Crippen LogP contribution >= 0.6 is 0 Å². The van der Waals surface area contributed by atoms with Gasteiger partial charge in [-0.2, -0.15) is 0 Å². The molecule has 2 heterocycles. The molecule has 0 radical (unpaired) electrons. The van der Waals surface area contributed by atoms with Gasteiger partial charge in [0.15, 0.2) is 11.5 Å². The first-order valence-corrected chi connectivity index (χ1v) is 7.55. The van der Waals surface area contributed by atoms with E-state index in [0.29, 0.717) is 28.5 Å². The van der Waals surface area contributed by atoms with Gasteiger partial charge >= 0.3 is 0 Å². The highest BCUT2D eigenvalue weighted by molar-refractivity contribution is 6.08. The van der Waals surface area contributed by atoms with E-state index in [9.17, 15) is 9.18 Å². The van der Waals surface area contributed by atoms with E-state index in [-0.39, 0.29) is 18.1 Å². The highest BCUT2D eigenvalue weighted by Crippen LogP contribution is 2.34. The first kappa shape index (κ1) is 15.2. The molecule has 1 aromatic heterocycles. The van der Waals surface area contributed by atoms with Gasteiger partial charge in [0.25, 0.3) is 5.91 Å². The Morgan fingerprint density at radius 1 is 1.16 bits per heavy atom. The fraction of sp³-hybridized carbons (Fsp3) is 0.111. The van der Waals surface area contributed by atoms with Crippen molar-refractivity contribution in [1.29, 1.82) is 0 Å². The molecule has 0 fully saturated rings. The number of benzene rings is 2. The predicted octanol–water partition coefficient (Wildman–Crippen LogP) is 3.77. The van der Waals surface area contributed by atoms with Crippen molar-refractivity contribution in [3.05, 3.63) is 59.6 Å². The number of nitrogens with zero attached hydrogens (tertiary/aromatic N) is 1. The molecule has 3 aromatic rings. The lowest BCUT2D eigenvalue weighted by Gasteiger charge is -2.07. The van der Waals surface area contributed by atoms with Crippen LogP contribution in [0.25, 0.3) is 11.3 Å². The molecule has 6 nitrogen and oxygen atoms in total. The van der Waals surface area contributed by atoms with Crippen LogP contribution in [0.3, 0.4) is 0 Å². The Balaban J connectivity index is 1.65. The van der Waals surface area contributed by atoms with Crippen molar-refractivity contribution in [3.8, 4) is 22.8 Å². The lowest BCUT2D eigenvalue weighted by atomic mass is 10.1. The van der Waals surface area contributed by atoms with Crippen molar-refractivity contribution < 1.29 is 23.2 Å². The summed E-state index contributed by atoms with van der Waals surface area (Å²) in [5, 5.41) is 6.67. The molecule has 1 aliphatic heterocycles. The van der Waals surface area contributed by atoms with Crippen molar-refractivity contribution in [2.45, 2.75) is 6.92 Å². The zero-order valence-corrected chi connectivity index (χ0v) is 13.2. The average molecular weight is 340 g/mol. The number of hydrogen-bond donors (Lipinski definition) is 1. The summed E-state index contributed by atoms with van der Waals surface area (Å²) in [7, 11) is 0. The zero-order chi connectivity index (χ0) is 17.4. The Morgan fingerprint density at radius 3 is 2.84 bits per heavy atom. The molecular formula is C18H13FN2O4. The first-order valence-electron chi connectivity index (χ1n) is 7.55. The van der Waals surface area contributed by atoms with E-state index in [1.807, 2.05) is 0 Å². The van der Waals surface area contributed by atoms with Crippen LogP contribution in [0.5, 0.6) is 11.5 Å². The van der Waals surface area contributed by atoms with Crippen LogP contribution in [-0.4, -0.2) is 17.9 Å². The molecule has 7 heteroatoms. The fourth-order valence-electron chi connectivity index (χ4n) is 2.64. The molecule has 1 aliphatic rings. The molecule has 0 saturated carbocycles. The van der Waals surface area contributed by atoms with Gasteiger partial charge in [-0.05, 0) is 31.2 Å². The Labute approximate surface area is 142 Å². The number of fused-ring (bicyclic) bond motifs is 1. The maximum Gasteiger partial charge on any atom is 0.261 e. The molecule has 0 atom stereocenters. The van der Waals surface area contributed by atoms with E-state index in [0.717, 1.165) is 0 Å². The first-order chi connectivity index (χ1) is 12.1. The fourth-order valence-corrected chi connectivity index (χ4v) is 2.64. The van der Waals surface area contributed by atoms with E-state index < -0.39 is 11.7 Å². The number of halogens is 1. The number of hydrogen-bond acceptors (Lipinski definition) is 5. The third-order valence-electron chi connectivity index (χ3n) is 3.82. The summed E-state index contributed by atoms with van der Waals surface area (Å²) in [4.78, 5) is 12.7. The molecule has 2 aromatic carbocycles. The summed E-state index contributed by atoms with van der Waals surface area (Å²) in [6.07, 6.45) is 0. The number of carbonyl (C=O) groups excluding carboxylic acids is 1. The smallest absolute Gasteiger partial charge is 0.261 e. The van der Waals surface area contributed by atoms with Gasteiger partial charge in [0.05, 0.1) is 0 Å². The number of aryl methyl sites for hydroxylation is 1. The minimum atomic E-state index is -0.416. The summed E-state index contributed by atoms with van der Waals surface area (Å²) in [5.41, 5.74) is 1.55. The van der Waals surface area contributed by atoms with Crippen LogP contribution in [0.15, 0.2) is 47.0 Å². The third kappa shape index (κ3) is 2.80. The van der Waals surface area contributed by atoms with Gasteiger partial charge in [-0.3, -0.25) is 4.79 Å². The standard InChI is InChI=1S/C18H13FN2O4/c1-10-16(17(21-25-10)11-3-2-4-12(19)7-11)18(22)20-13-5-6-14-15(8-13)24-9-23-14/h2-8H,9H2,1H3,(H,20,22). The normalized spacial score (nSPS) is 12.2. The minimum Gasteiger partial charge on any atom is -0.454 e. The lowest BCUT2D eigenvalue weighted by molar-refractivity contribution is 0.102. The largest absolute Gasteiger partial charge is 0.454 e. The predicted molar refractivity (Wildman–Crippen MR) is 87.2 cm³/mol. The van der Waals surface area contributed by atoms with Gasteiger partial charge in [-0.1, -0.05) is 17.3 Å². The summed E-state index contributed by atoms with van der Waals surface area (Å²) < 4.78 is 29.2. The van der Waals surface area contributed by atoms with Crippen molar-refractivity contribution in [3.63, 3.8) is 0 Å². The number of aromatic nitrogens is 1. The maximum absolute atomic E-state index is 13.5. The second-order valence-electron chi connectivity index (χ2n) is 5.49. The van der Waals surface area contributed by atoms with Crippen molar-refractivity contribution in [2.75, 3.05) is 12.1 Å². The monoisotopic (exact) mass is 340 g/mol. The van der Waals surface area contributed by atoms with Gasteiger partial charge in [-0.15, -0.1) is 0 Å². The number of amides is 1. The second-order valence-corrected chi connectivity index (χ2v) is 5.49. The molecule has 0 unspecified atom stereocenters. The van der Waals surface area contributed by atoms with Crippen LogP contribution in [0.1, 0.15) is 16.1 Å². The Hall–Kier alpha value is -3.35. The molecular weight excluding hydrogens is 327 g/mol. The van der Waals surface area contributed by atoms with Gasteiger partial charge in [0, 0.05) is 17.3 Å². The summed E-state index contributed by atoms with van der Waals surface area (Å²) in [6.45, 7) is 1.78. The average Bonchev–Trinajstić information content (AvgIpc) is 3.20. The number of rotatable bonds is 3. The van der Waals surface area contributed by atoms with Crippen LogP contribution in [0.2, 0.25) is 0 Å². The van der Waals surface area contributed by atoms with Crippen LogP contribution in [0, 0.1) is 12.7 Å². The Kier molecular flexibility index (Phi) is 3.61. The molecule has 0 bridgehead atoms. The molecule has 126 valence electrons. The molecule has 1 N–H and O–H groups in total. The summed E-state index contributed by atoms with van der Waals surface area (Å²) in [5.74, 6) is 0.708. The van der Waals surface area contributed by atoms with Crippen LogP contribution in [0.4, 0.5) is 10.1 Å². The molecule has 0 saturated heterocycles. The van der Waals surface area contributed by atoms with Crippen LogP contribution < -0.4 is 14.8 Å². The summed E-state index contributed by atoms with van der Waals surface area (Å²) >= 11 is 0. The van der Waals surface area contributed by atoms with E-state index in [4.69, 9.17) is 14.0 Å². The van der Waals surface area contributed by atoms with E-state index >= 15 is 0 Å². The third-order valence-corrected chi connectivity index (χ3v) is 3.82. The van der Waals surface area contributed by atoms with Gasteiger partial charge in [0.2, 0.25) is 6.79 Å². The molecule has 4 rings (SSSR count). The number of ether oxygens (including phenoxy) is 2. The maximum atomic E-state index is 13.5. The number of anilines is 1. The topological polar surface area (TPSA) is 73.6 Å². The van der Waals surface area contributed by atoms with E-state index in [1.165, 1.54) is 12.1 Å². The van der Waals surface area contributed by atoms with Crippen molar-refractivity contribution in [1.82, 2.24) is 5.16 Å². The van der Waals surface area contributed by atoms with E-state index in [2.05, 4.69) is 10.5 Å². The molecule has 0 aliphatic carbocycles. The minimum absolute atomic E-state index is 0.154. The lowest BCUT2D eigenvalue weighted by Crippen LogP contribution is -2.13. The molecule has 25 heavy (non-hydrogen) atoms. The van der Waals surface area contributed by atoms with Gasteiger partial charge in [-0.25, -0.2) is 4.39 Å².